The molecule has 0 spiro atoms. The van der Waals surface area contributed by atoms with Crippen LogP contribution in [0.25, 0.3) is 0 Å². The van der Waals surface area contributed by atoms with E-state index in [0.717, 1.165) is 19.6 Å². The van der Waals surface area contributed by atoms with Gasteiger partial charge >= 0.3 is 0 Å². The zero-order chi connectivity index (χ0) is 19.5. The summed E-state index contributed by atoms with van der Waals surface area (Å²) in [5, 5.41) is 18.6. The largest absolute Gasteiger partial charge is 0.508 e. The Kier molecular flexibility index (Phi) is 8.91. The van der Waals surface area contributed by atoms with E-state index in [1.807, 2.05) is 6.92 Å². The van der Waals surface area contributed by atoms with Gasteiger partial charge in [0, 0.05) is 31.4 Å². The number of amides is 1. The number of hydrogen-bond acceptors (Lipinski definition) is 4. The maximum Gasteiger partial charge on any atom is 0.246 e. The number of hydrogen-bond donors (Lipinski definition) is 4. The number of carbonyl (C=O) groups is 1. The lowest BCUT2D eigenvalue weighted by molar-refractivity contribution is -0.114. The molecule has 150 valence electrons. The van der Waals surface area contributed by atoms with Gasteiger partial charge in [0.1, 0.15) is 12.3 Å². The van der Waals surface area contributed by atoms with Crippen molar-refractivity contribution in [2.75, 3.05) is 38.0 Å². The summed E-state index contributed by atoms with van der Waals surface area (Å²) in [6.07, 6.45) is 5.11. The fourth-order valence-corrected chi connectivity index (χ4v) is 3.37. The molecule has 1 aliphatic heterocycles. The average molecular weight is 376 g/mol. The van der Waals surface area contributed by atoms with Gasteiger partial charge < -0.3 is 21.1 Å². The lowest BCUT2D eigenvalue weighted by atomic mass is 10.0. The molecule has 7 heteroatoms. The molecule has 1 saturated heterocycles. The first kappa shape index (κ1) is 21.0. The van der Waals surface area contributed by atoms with Crippen LogP contribution in [-0.4, -0.2) is 60.6 Å². The molecule has 1 fully saturated rings. The van der Waals surface area contributed by atoms with Crippen LogP contribution in [0.3, 0.4) is 0 Å². The molecule has 7 nitrogen and oxygen atoms in total. The minimum Gasteiger partial charge on any atom is -0.508 e. The van der Waals surface area contributed by atoms with Crippen molar-refractivity contribution in [3.05, 3.63) is 24.3 Å². The number of rotatable bonds is 8. The van der Waals surface area contributed by atoms with Crippen LogP contribution in [0, 0.1) is 0 Å². The van der Waals surface area contributed by atoms with Crippen molar-refractivity contribution in [1.29, 1.82) is 0 Å². The SMILES string of the molecule is CCNC(=NCC(=O)Nc1ccc(O)cc1)NCCN1CCCCC1CC. The zero-order valence-electron chi connectivity index (χ0n) is 16.5. The van der Waals surface area contributed by atoms with Crippen molar-refractivity contribution in [3.63, 3.8) is 0 Å². The van der Waals surface area contributed by atoms with Gasteiger partial charge in [0.15, 0.2) is 5.96 Å². The van der Waals surface area contributed by atoms with Crippen molar-refractivity contribution >= 4 is 17.6 Å². The number of nitrogens with one attached hydrogen (secondary N) is 3. The van der Waals surface area contributed by atoms with E-state index in [0.29, 0.717) is 17.7 Å². The normalized spacial score (nSPS) is 18.1. The Morgan fingerprint density at radius 2 is 2.00 bits per heavy atom. The van der Waals surface area contributed by atoms with E-state index < -0.39 is 0 Å². The summed E-state index contributed by atoms with van der Waals surface area (Å²) < 4.78 is 0. The number of nitrogens with zero attached hydrogens (tertiary/aromatic N) is 2. The molecule has 0 aromatic heterocycles. The second kappa shape index (κ2) is 11.4. The first-order valence-electron chi connectivity index (χ1n) is 9.97. The number of guanidine groups is 1. The van der Waals surface area contributed by atoms with E-state index in [1.165, 1.54) is 44.4 Å². The molecule has 1 unspecified atom stereocenters. The van der Waals surface area contributed by atoms with Gasteiger partial charge in [-0.2, -0.15) is 0 Å². The molecule has 1 aromatic rings. The van der Waals surface area contributed by atoms with Gasteiger partial charge in [-0.3, -0.25) is 9.69 Å². The molecular formula is C20H33N5O2. The highest BCUT2D eigenvalue weighted by molar-refractivity contribution is 5.94. The Hall–Kier alpha value is -2.28. The van der Waals surface area contributed by atoms with Gasteiger partial charge in [-0.15, -0.1) is 0 Å². The van der Waals surface area contributed by atoms with Crippen LogP contribution >= 0.6 is 0 Å². The smallest absolute Gasteiger partial charge is 0.246 e. The third-order valence-corrected chi connectivity index (χ3v) is 4.79. The van der Waals surface area contributed by atoms with E-state index in [9.17, 15) is 9.90 Å². The molecule has 0 saturated carbocycles. The molecule has 2 rings (SSSR count). The monoisotopic (exact) mass is 375 g/mol. The second-order valence-electron chi connectivity index (χ2n) is 6.81. The summed E-state index contributed by atoms with van der Waals surface area (Å²) in [6, 6.07) is 7.08. The van der Waals surface area contributed by atoms with Crippen LogP contribution in [0.4, 0.5) is 5.69 Å². The molecule has 1 aromatic carbocycles. The highest BCUT2D eigenvalue weighted by Gasteiger charge is 2.19. The Balaban J connectivity index is 1.78. The van der Waals surface area contributed by atoms with Crippen molar-refractivity contribution in [2.45, 2.75) is 45.6 Å². The number of anilines is 1. The van der Waals surface area contributed by atoms with Crippen molar-refractivity contribution in [1.82, 2.24) is 15.5 Å². The third kappa shape index (κ3) is 7.46. The van der Waals surface area contributed by atoms with Crippen molar-refractivity contribution in [2.24, 2.45) is 4.99 Å². The molecule has 1 heterocycles. The zero-order valence-corrected chi connectivity index (χ0v) is 16.5. The Labute approximate surface area is 162 Å². The van der Waals surface area contributed by atoms with Gasteiger partial charge in [-0.25, -0.2) is 4.99 Å². The van der Waals surface area contributed by atoms with Crippen LogP contribution in [0.15, 0.2) is 29.3 Å². The fourth-order valence-electron chi connectivity index (χ4n) is 3.37. The number of aliphatic imine (C=N–C) groups is 1. The first-order chi connectivity index (χ1) is 13.1. The maximum atomic E-state index is 12.1. The highest BCUT2D eigenvalue weighted by Crippen LogP contribution is 2.18. The van der Waals surface area contributed by atoms with Gasteiger partial charge in [0.25, 0.3) is 0 Å². The fraction of sp³-hybridized carbons (Fsp3) is 0.600. The topological polar surface area (TPSA) is 89.0 Å². The summed E-state index contributed by atoms with van der Waals surface area (Å²) >= 11 is 0. The van der Waals surface area contributed by atoms with E-state index in [1.54, 1.807) is 12.1 Å². The van der Waals surface area contributed by atoms with E-state index in [4.69, 9.17) is 0 Å². The summed E-state index contributed by atoms with van der Waals surface area (Å²) in [6.45, 7) is 8.01. The standard InChI is InChI=1S/C20H33N5O2/c1-3-17-7-5-6-13-25(17)14-12-22-20(21-4-2)23-15-19(27)24-16-8-10-18(26)11-9-16/h8-11,17,26H,3-7,12-15H2,1-2H3,(H,24,27)(H2,21,22,23). The van der Waals surface area contributed by atoms with Gasteiger partial charge in [0.2, 0.25) is 5.91 Å². The number of carbonyl (C=O) groups excluding carboxylic acids is 1. The summed E-state index contributed by atoms with van der Waals surface area (Å²) in [7, 11) is 0. The summed E-state index contributed by atoms with van der Waals surface area (Å²) in [5.41, 5.74) is 0.640. The lowest BCUT2D eigenvalue weighted by Crippen LogP contribution is -2.46. The molecular weight excluding hydrogens is 342 g/mol. The molecule has 1 aliphatic rings. The number of benzene rings is 1. The van der Waals surface area contributed by atoms with Crippen LogP contribution in [0.1, 0.15) is 39.5 Å². The van der Waals surface area contributed by atoms with Crippen LogP contribution in [0.2, 0.25) is 0 Å². The lowest BCUT2D eigenvalue weighted by Gasteiger charge is -2.35. The van der Waals surface area contributed by atoms with Gasteiger partial charge in [0.05, 0.1) is 0 Å². The molecule has 1 amide bonds. The number of piperidine rings is 1. The van der Waals surface area contributed by atoms with Gasteiger partial charge in [-0.1, -0.05) is 13.3 Å². The molecule has 0 aliphatic carbocycles. The predicted octanol–water partition coefficient (Wildman–Crippen LogP) is 2.15. The molecule has 0 bridgehead atoms. The number of phenols is 1. The quantitative estimate of drug-likeness (QED) is 0.318. The number of phenolic OH excluding ortho intramolecular Hbond substituents is 1. The van der Waals surface area contributed by atoms with Crippen LogP contribution in [-0.2, 0) is 4.79 Å². The molecule has 0 radical (unpaired) electrons. The second-order valence-corrected chi connectivity index (χ2v) is 6.81. The third-order valence-electron chi connectivity index (χ3n) is 4.79. The number of likely N-dealkylation sites (tertiary alicyclic amines) is 1. The minimum atomic E-state index is -0.194. The average Bonchev–Trinajstić information content (AvgIpc) is 2.68. The Bertz CT molecular complexity index is 603. The Morgan fingerprint density at radius 1 is 1.22 bits per heavy atom. The molecule has 1 atom stereocenters. The molecule has 27 heavy (non-hydrogen) atoms. The van der Waals surface area contributed by atoms with E-state index >= 15 is 0 Å². The van der Waals surface area contributed by atoms with Crippen LogP contribution < -0.4 is 16.0 Å². The highest BCUT2D eigenvalue weighted by atomic mass is 16.3. The van der Waals surface area contributed by atoms with E-state index in [-0.39, 0.29) is 18.2 Å². The maximum absolute atomic E-state index is 12.1. The van der Waals surface area contributed by atoms with Crippen LogP contribution in [0.5, 0.6) is 5.75 Å². The first-order valence-corrected chi connectivity index (χ1v) is 9.97. The minimum absolute atomic E-state index is 0.0392. The Morgan fingerprint density at radius 3 is 2.70 bits per heavy atom. The van der Waals surface area contributed by atoms with Crippen molar-refractivity contribution < 1.29 is 9.90 Å². The summed E-state index contributed by atoms with van der Waals surface area (Å²) in [5.74, 6) is 0.632. The molecule has 4 N–H and O–H groups in total. The van der Waals surface area contributed by atoms with Crippen molar-refractivity contribution in [3.8, 4) is 5.75 Å². The summed E-state index contributed by atoms with van der Waals surface area (Å²) in [4.78, 5) is 19.0. The van der Waals surface area contributed by atoms with E-state index in [2.05, 4.69) is 32.8 Å². The predicted molar refractivity (Wildman–Crippen MR) is 110 cm³/mol. The van der Waals surface area contributed by atoms with Gasteiger partial charge in [-0.05, 0) is 57.0 Å². The number of aromatic hydroxyl groups is 1.